The fourth-order valence-electron chi connectivity index (χ4n) is 9.79. The highest BCUT2D eigenvalue weighted by Gasteiger charge is 2.31. The SMILES string of the molecule is COc1cc(OC)cc(-c2cncc(-c3nc4c(C)cc(C)cc4[nH]3)c2N2CC[C@@H](N)[C@@H](O)C2)c1.COc1cc(OC)cc(-c2cncc(-c3nc4c(C)cc(C)cc4[nH]3)c2N2CC[C@H](N)[C@H](O)C2)c1. The predicted octanol–water partition coefficient (Wildman–Crippen LogP) is 7.65. The summed E-state index contributed by atoms with van der Waals surface area (Å²) < 4.78 is 22.1. The number of hydrogen-bond acceptors (Lipinski definition) is 14. The smallest absolute Gasteiger partial charge is 0.142 e. The van der Waals surface area contributed by atoms with Crippen LogP contribution >= 0.6 is 0 Å². The molecule has 0 spiro atoms. The maximum atomic E-state index is 10.6. The molecular weight excluding hydrogens is 885 g/mol. The Kier molecular flexibility index (Phi) is 13.7. The summed E-state index contributed by atoms with van der Waals surface area (Å²) in [5.74, 6) is 4.21. The molecular formula is C54H62N10O6. The normalized spacial score (nSPS) is 18.2. The number of aromatic amines is 2. The molecule has 4 atom stereocenters. The van der Waals surface area contributed by atoms with Crippen LogP contribution in [0, 0.1) is 27.7 Å². The number of ether oxygens (including phenoxy) is 4. The van der Waals surface area contributed by atoms with Gasteiger partial charge in [-0.15, -0.1) is 0 Å². The van der Waals surface area contributed by atoms with E-state index in [1.165, 1.54) is 11.1 Å². The van der Waals surface area contributed by atoms with Crippen molar-refractivity contribution in [2.75, 3.05) is 64.4 Å². The molecule has 4 aromatic heterocycles. The van der Waals surface area contributed by atoms with Crippen molar-refractivity contribution in [2.24, 2.45) is 11.5 Å². The Morgan fingerprint density at radius 2 is 0.871 bits per heavy atom. The van der Waals surface area contributed by atoms with Crippen molar-refractivity contribution in [2.45, 2.75) is 64.8 Å². The average Bonchev–Trinajstić information content (AvgIpc) is 4.00. The zero-order chi connectivity index (χ0) is 49.4. The number of nitrogens with two attached hydrogens (primary N) is 2. The molecule has 2 fully saturated rings. The van der Waals surface area contributed by atoms with Crippen molar-refractivity contribution in [1.82, 2.24) is 29.9 Å². The Hall–Kier alpha value is -7.24. The van der Waals surface area contributed by atoms with Gasteiger partial charge < -0.3 is 60.4 Å². The Labute approximate surface area is 407 Å². The van der Waals surface area contributed by atoms with Crippen LogP contribution in [0.1, 0.15) is 35.1 Å². The predicted molar refractivity (Wildman–Crippen MR) is 276 cm³/mol. The largest absolute Gasteiger partial charge is 0.497 e. The van der Waals surface area contributed by atoms with Gasteiger partial charge in [-0.1, -0.05) is 12.1 Å². The molecule has 0 aliphatic carbocycles. The number of nitrogens with one attached hydrogen (secondary N) is 2. The average molecular weight is 947 g/mol. The van der Waals surface area contributed by atoms with Crippen LogP contribution in [0.2, 0.25) is 0 Å². The number of aryl methyl sites for hydroxylation is 4. The third-order valence-electron chi connectivity index (χ3n) is 13.4. The zero-order valence-electron chi connectivity index (χ0n) is 41.0. The molecule has 2 aliphatic rings. The van der Waals surface area contributed by atoms with Crippen LogP contribution < -0.4 is 40.2 Å². The highest BCUT2D eigenvalue weighted by Crippen LogP contribution is 2.44. The fourth-order valence-corrected chi connectivity index (χ4v) is 9.79. The summed E-state index contributed by atoms with van der Waals surface area (Å²) in [7, 11) is 6.54. The van der Waals surface area contributed by atoms with Gasteiger partial charge in [-0.3, -0.25) is 9.97 Å². The van der Waals surface area contributed by atoms with Gasteiger partial charge in [0.05, 0.1) is 85.2 Å². The number of imidazole rings is 2. The number of β-amino-alcohol motifs (C(OH)–C–C–N with tert-alkyl or cyclic N) is 2. The Balaban J connectivity index is 0.000000174. The van der Waals surface area contributed by atoms with Crippen LogP contribution in [0.5, 0.6) is 23.0 Å². The van der Waals surface area contributed by atoms with Gasteiger partial charge in [0.2, 0.25) is 0 Å². The summed E-state index contributed by atoms with van der Waals surface area (Å²) in [6, 6.07) is 19.5. The number of aliphatic hydroxyl groups excluding tert-OH is 2. The summed E-state index contributed by atoms with van der Waals surface area (Å²) in [6.07, 6.45) is 7.45. The van der Waals surface area contributed by atoms with Crippen molar-refractivity contribution < 1.29 is 29.2 Å². The first-order valence-corrected chi connectivity index (χ1v) is 23.5. The van der Waals surface area contributed by atoms with E-state index in [9.17, 15) is 10.2 Å². The number of rotatable bonds is 10. The maximum Gasteiger partial charge on any atom is 0.142 e. The Bertz CT molecular complexity index is 2930. The van der Waals surface area contributed by atoms with Crippen LogP contribution in [-0.2, 0) is 0 Å². The van der Waals surface area contributed by atoms with Crippen LogP contribution in [0.25, 0.3) is 67.1 Å². The lowest BCUT2D eigenvalue weighted by Crippen LogP contribution is -2.50. The highest BCUT2D eigenvalue weighted by molar-refractivity contribution is 5.94. The fraction of sp³-hybridized carbons (Fsp3) is 0.333. The van der Waals surface area contributed by atoms with E-state index in [0.717, 1.165) is 89.6 Å². The monoisotopic (exact) mass is 946 g/mol. The van der Waals surface area contributed by atoms with E-state index in [2.05, 4.69) is 81.7 Å². The number of aromatic nitrogens is 6. The summed E-state index contributed by atoms with van der Waals surface area (Å²) in [4.78, 5) is 30.5. The summed E-state index contributed by atoms with van der Waals surface area (Å²) in [5, 5.41) is 21.3. The lowest BCUT2D eigenvalue weighted by molar-refractivity contribution is 0.132. The summed E-state index contributed by atoms with van der Waals surface area (Å²) in [6.45, 7) is 10.6. The molecule has 2 aliphatic heterocycles. The minimum Gasteiger partial charge on any atom is -0.497 e. The molecule has 4 aromatic carbocycles. The van der Waals surface area contributed by atoms with Gasteiger partial charge in [-0.2, -0.15) is 0 Å². The van der Waals surface area contributed by atoms with E-state index in [4.69, 9.17) is 40.4 Å². The first-order chi connectivity index (χ1) is 33.7. The Morgan fingerprint density at radius 1 is 0.514 bits per heavy atom. The first kappa shape index (κ1) is 47.8. The van der Waals surface area contributed by atoms with Crippen molar-refractivity contribution in [3.8, 4) is 68.0 Å². The van der Waals surface area contributed by atoms with Crippen LogP contribution in [0.4, 0.5) is 11.4 Å². The van der Waals surface area contributed by atoms with E-state index in [1.54, 1.807) is 28.4 Å². The summed E-state index contributed by atoms with van der Waals surface area (Å²) in [5.41, 5.74) is 27.9. The van der Waals surface area contributed by atoms with Crippen LogP contribution in [0.3, 0.4) is 0 Å². The molecule has 0 amide bonds. The number of H-pyrrole nitrogens is 2. The molecule has 0 unspecified atom stereocenters. The number of pyridine rings is 2. The van der Waals surface area contributed by atoms with Gasteiger partial charge in [0.1, 0.15) is 34.6 Å². The lowest BCUT2D eigenvalue weighted by atomic mass is 9.97. The molecule has 8 aromatic rings. The van der Waals surface area contributed by atoms with Gasteiger partial charge in [0.15, 0.2) is 0 Å². The van der Waals surface area contributed by atoms with Crippen molar-refractivity contribution >= 4 is 33.4 Å². The van der Waals surface area contributed by atoms with E-state index >= 15 is 0 Å². The van der Waals surface area contributed by atoms with E-state index < -0.39 is 12.2 Å². The number of fused-ring (bicyclic) bond motifs is 2. The third kappa shape index (κ3) is 9.55. The van der Waals surface area contributed by atoms with Crippen molar-refractivity contribution in [3.05, 3.63) is 108 Å². The number of benzene rings is 4. The van der Waals surface area contributed by atoms with Crippen molar-refractivity contribution in [3.63, 3.8) is 0 Å². The second-order valence-corrected chi connectivity index (χ2v) is 18.4. The molecule has 16 nitrogen and oxygen atoms in total. The molecule has 2 saturated heterocycles. The van der Waals surface area contributed by atoms with Crippen molar-refractivity contribution in [1.29, 1.82) is 0 Å². The van der Waals surface area contributed by atoms with Gasteiger partial charge in [-0.25, -0.2) is 9.97 Å². The molecule has 10 rings (SSSR count). The second kappa shape index (κ2) is 20.0. The molecule has 8 N–H and O–H groups in total. The van der Waals surface area contributed by atoms with Gasteiger partial charge in [0.25, 0.3) is 0 Å². The van der Waals surface area contributed by atoms with Gasteiger partial charge in [-0.05, 0) is 110 Å². The number of hydrogen-bond donors (Lipinski definition) is 6. The molecule has 0 saturated carbocycles. The standard InChI is InChI=1S/2C27H31N5O3/c2*1-15-7-16(2)25-23(8-15)30-27(31-25)21-13-29-12-20(17-9-18(34-3)11-19(10-17)35-4)26(21)32-6-5-22(28)24(33)14-32/h2*7-13,22,24,33H,5-6,14,28H2,1-4H3,(H,30,31)/t2*22-,24+/m10/s1. The third-order valence-corrected chi connectivity index (χ3v) is 13.4. The van der Waals surface area contributed by atoms with Crippen LogP contribution in [-0.4, -0.2) is 119 Å². The quantitative estimate of drug-likeness (QED) is 0.0776. The highest BCUT2D eigenvalue weighted by atomic mass is 16.5. The molecule has 16 heteroatoms. The van der Waals surface area contributed by atoms with E-state index in [0.29, 0.717) is 62.0 Å². The molecule has 6 heterocycles. The number of nitrogens with zero attached hydrogens (tertiary/aromatic N) is 6. The summed E-state index contributed by atoms with van der Waals surface area (Å²) >= 11 is 0. The minimum atomic E-state index is -0.627. The number of methoxy groups -OCH3 is 4. The topological polar surface area (TPSA) is 219 Å². The number of piperidine rings is 2. The van der Waals surface area contributed by atoms with Gasteiger partial charge >= 0.3 is 0 Å². The van der Waals surface area contributed by atoms with Gasteiger partial charge in [0, 0.05) is 86.3 Å². The van der Waals surface area contributed by atoms with E-state index in [-0.39, 0.29) is 12.1 Å². The van der Waals surface area contributed by atoms with Crippen LogP contribution in [0.15, 0.2) is 85.5 Å². The second-order valence-electron chi connectivity index (χ2n) is 18.4. The minimum absolute atomic E-state index is 0.242. The van der Waals surface area contributed by atoms with E-state index in [1.807, 2.05) is 61.2 Å². The molecule has 70 heavy (non-hydrogen) atoms. The lowest BCUT2D eigenvalue weighted by Gasteiger charge is -2.37. The Morgan fingerprint density at radius 3 is 1.21 bits per heavy atom. The molecule has 364 valence electrons. The number of aliphatic hydroxyl groups is 2. The maximum absolute atomic E-state index is 10.6. The first-order valence-electron chi connectivity index (χ1n) is 23.5. The molecule has 0 radical (unpaired) electrons. The molecule has 0 bridgehead atoms. The number of anilines is 2. The zero-order valence-corrected chi connectivity index (χ0v) is 41.0.